The van der Waals surface area contributed by atoms with E-state index >= 15 is 0 Å². The zero-order valence-electron chi connectivity index (χ0n) is 15.3. The molecule has 1 aromatic carbocycles. The maximum absolute atomic E-state index is 12.5. The number of imide groups is 1. The SMILES string of the molecule is Cc1ccc(OCCOC(=O)[C@H](C)N2C(=O)[C@@H]3CCCC[C@H]3C2=O)cc1. The number of carbonyl (C=O) groups is 3. The number of hydrogen-bond donors (Lipinski definition) is 0. The zero-order valence-corrected chi connectivity index (χ0v) is 15.3. The van der Waals surface area contributed by atoms with Gasteiger partial charge < -0.3 is 9.47 Å². The molecule has 0 unspecified atom stereocenters. The van der Waals surface area contributed by atoms with E-state index in [0.29, 0.717) is 5.75 Å². The van der Waals surface area contributed by atoms with Crippen LogP contribution in [0, 0.1) is 18.8 Å². The molecule has 26 heavy (non-hydrogen) atoms. The molecule has 2 amide bonds. The monoisotopic (exact) mass is 359 g/mol. The van der Waals surface area contributed by atoms with Gasteiger partial charge in [-0.25, -0.2) is 4.79 Å². The molecule has 0 N–H and O–H groups in total. The molecule has 0 spiro atoms. The van der Waals surface area contributed by atoms with Gasteiger partial charge in [0.15, 0.2) is 0 Å². The van der Waals surface area contributed by atoms with E-state index in [9.17, 15) is 14.4 Å². The average molecular weight is 359 g/mol. The van der Waals surface area contributed by atoms with Gasteiger partial charge >= 0.3 is 5.97 Å². The van der Waals surface area contributed by atoms with Crippen LogP contribution in [0.15, 0.2) is 24.3 Å². The summed E-state index contributed by atoms with van der Waals surface area (Å²) in [7, 11) is 0. The second-order valence-electron chi connectivity index (χ2n) is 7.05. The normalized spacial score (nSPS) is 23.5. The van der Waals surface area contributed by atoms with Gasteiger partial charge in [-0.15, -0.1) is 0 Å². The Balaban J connectivity index is 1.49. The van der Waals surface area contributed by atoms with Crippen molar-refractivity contribution < 1.29 is 23.9 Å². The van der Waals surface area contributed by atoms with Gasteiger partial charge in [-0.1, -0.05) is 30.5 Å². The summed E-state index contributed by atoms with van der Waals surface area (Å²) in [6.45, 7) is 3.83. The summed E-state index contributed by atoms with van der Waals surface area (Å²) in [5.74, 6) is -0.820. The molecule has 1 aliphatic heterocycles. The maximum atomic E-state index is 12.5. The maximum Gasteiger partial charge on any atom is 0.329 e. The van der Waals surface area contributed by atoms with Crippen molar-refractivity contribution in [1.29, 1.82) is 0 Å². The average Bonchev–Trinajstić information content (AvgIpc) is 2.90. The minimum atomic E-state index is -0.889. The Labute approximate surface area is 153 Å². The van der Waals surface area contributed by atoms with Gasteiger partial charge in [0.25, 0.3) is 0 Å². The van der Waals surface area contributed by atoms with Crippen molar-refractivity contribution in [2.75, 3.05) is 13.2 Å². The van der Waals surface area contributed by atoms with E-state index in [4.69, 9.17) is 9.47 Å². The van der Waals surface area contributed by atoms with Gasteiger partial charge in [0.1, 0.15) is 25.0 Å². The smallest absolute Gasteiger partial charge is 0.329 e. The molecule has 3 rings (SSSR count). The second kappa shape index (κ2) is 7.89. The fourth-order valence-corrected chi connectivity index (χ4v) is 3.73. The first-order valence-corrected chi connectivity index (χ1v) is 9.22. The van der Waals surface area contributed by atoms with E-state index in [1.54, 1.807) is 6.92 Å². The van der Waals surface area contributed by atoms with Crippen molar-refractivity contribution in [3.8, 4) is 5.75 Å². The highest BCUT2D eigenvalue weighted by Crippen LogP contribution is 2.38. The topological polar surface area (TPSA) is 72.9 Å². The molecule has 1 aliphatic carbocycles. The lowest BCUT2D eigenvalue weighted by Crippen LogP contribution is -2.44. The molecule has 3 atom stereocenters. The van der Waals surface area contributed by atoms with Crippen molar-refractivity contribution in [2.45, 2.75) is 45.6 Å². The highest BCUT2D eigenvalue weighted by Gasteiger charge is 2.51. The number of nitrogens with zero attached hydrogens (tertiary/aromatic N) is 1. The van der Waals surface area contributed by atoms with Crippen LogP contribution in [0.25, 0.3) is 0 Å². The van der Waals surface area contributed by atoms with E-state index in [2.05, 4.69) is 0 Å². The summed E-state index contributed by atoms with van der Waals surface area (Å²) in [5.41, 5.74) is 1.14. The second-order valence-corrected chi connectivity index (χ2v) is 7.05. The summed E-state index contributed by atoms with van der Waals surface area (Å²) in [6, 6.07) is 6.69. The lowest BCUT2D eigenvalue weighted by atomic mass is 9.81. The number of likely N-dealkylation sites (tertiary alicyclic amines) is 1. The van der Waals surface area contributed by atoms with Crippen LogP contribution in [0.3, 0.4) is 0 Å². The van der Waals surface area contributed by atoms with Crippen molar-refractivity contribution >= 4 is 17.8 Å². The summed E-state index contributed by atoms with van der Waals surface area (Å²) in [4.78, 5) is 38.4. The first-order valence-electron chi connectivity index (χ1n) is 9.22. The molecular formula is C20H25NO5. The molecule has 6 heteroatoms. The molecule has 1 saturated heterocycles. The van der Waals surface area contributed by atoms with Crippen LogP contribution in [-0.2, 0) is 19.1 Å². The minimum absolute atomic E-state index is 0.0696. The first-order chi connectivity index (χ1) is 12.5. The van der Waals surface area contributed by atoms with Crippen LogP contribution < -0.4 is 4.74 Å². The third-order valence-electron chi connectivity index (χ3n) is 5.22. The Bertz CT molecular complexity index is 660. The van der Waals surface area contributed by atoms with Crippen LogP contribution >= 0.6 is 0 Å². The summed E-state index contributed by atoms with van der Waals surface area (Å²) in [5, 5.41) is 0. The molecule has 0 aromatic heterocycles. The molecule has 1 saturated carbocycles. The molecule has 1 aromatic rings. The van der Waals surface area contributed by atoms with Crippen molar-refractivity contribution in [1.82, 2.24) is 4.90 Å². The Kier molecular flexibility index (Phi) is 5.59. The van der Waals surface area contributed by atoms with Gasteiger partial charge in [0, 0.05) is 0 Å². The standard InChI is InChI=1S/C20H25NO5/c1-13-7-9-15(10-8-13)25-11-12-26-20(24)14(2)21-18(22)16-5-3-4-6-17(16)19(21)23/h7-10,14,16-17H,3-6,11-12H2,1-2H3/t14-,16+,17+/m0/s1. The number of amides is 2. The summed E-state index contributed by atoms with van der Waals surface area (Å²) >= 11 is 0. The molecule has 140 valence electrons. The van der Waals surface area contributed by atoms with E-state index < -0.39 is 12.0 Å². The molecule has 6 nitrogen and oxygen atoms in total. The highest BCUT2D eigenvalue weighted by atomic mass is 16.6. The minimum Gasteiger partial charge on any atom is -0.490 e. The van der Waals surface area contributed by atoms with Gasteiger partial charge in [-0.3, -0.25) is 14.5 Å². The molecule has 2 aliphatic rings. The Morgan fingerprint density at radius 3 is 2.23 bits per heavy atom. The lowest BCUT2D eigenvalue weighted by molar-refractivity contribution is -0.158. The van der Waals surface area contributed by atoms with E-state index in [-0.39, 0.29) is 36.9 Å². The number of fused-ring (bicyclic) bond motifs is 1. The van der Waals surface area contributed by atoms with Crippen LogP contribution in [0.2, 0.25) is 0 Å². The zero-order chi connectivity index (χ0) is 18.7. The third-order valence-corrected chi connectivity index (χ3v) is 5.22. The predicted molar refractivity (Wildman–Crippen MR) is 94.4 cm³/mol. The quantitative estimate of drug-likeness (QED) is 0.443. The number of benzene rings is 1. The number of carbonyl (C=O) groups excluding carboxylic acids is 3. The number of hydrogen-bond acceptors (Lipinski definition) is 5. The Morgan fingerprint density at radius 1 is 1.08 bits per heavy atom. The van der Waals surface area contributed by atoms with Gasteiger partial charge in [-0.2, -0.15) is 0 Å². The van der Waals surface area contributed by atoms with Crippen LogP contribution in [0.4, 0.5) is 0 Å². The molecule has 2 fully saturated rings. The fourth-order valence-electron chi connectivity index (χ4n) is 3.73. The largest absolute Gasteiger partial charge is 0.490 e. The predicted octanol–water partition coefficient (Wildman–Crippen LogP) is 2.48. The van der Waals surface area contributed by atoms with Gasteiger partial charge in [-0.05, 0) is 38.8 Å². The van der Waals surface area contributed by atoms with Crippen LogP contribution in [-0.4, -0.2) is 41.9 Å². The van der Waals surface area contributed by atoms with Gasteiger partial charge in [0.2, 0.25) is 11.8 Å². The third kappa shape index (κ3) is 3.74. The number of rotatable bonds is 6. The van der Waals surface area contributed by atoms with E-state index in [1.807, 2.05) is 31.2 Å². The number of ether oxygens (including phenoxy) is 2. The summed E-state index contributed by atoms with van der Waals surface area (Å²) < 4.78 is 10.7. The Morgan fingerprint density at radius 2 is 1.65 bits per heavy atom. The lowest BCUT2D eigenvalue weighted by Gasteiger charge is -2.21. The number of aryl methyl sites for hydroxylation is 1. The van der Waals surface area contributed by atoms with Gasteiger partial charge in [0.05, 0.1) is 11.8 Å². The van der Waals surface area contributed by atoms with Crippen LogP contribution in [0.1, 0.15) is 38.2 Å². The fraction of sp³-hybridized carbons (Fsp3) is 0.550. The van der Waals surface area contributed by atoms with Crippen molar-refractivity contribution in [3.05, 3.63) is 29.8 Å². The molecule has 1 heterocycles. The molecule has 0 bridgehead atoms. The highest BCUT2D eigenvalue weighted by molar-refractivity contribution is 6.07. The molecule has 0 radical (unpaired) electrons. The van der Waals surface area contributed by atoms with E-state index in [1.165, 1.54) is 0 Å². The Hall–Kier alpha value is -2.37. The summed E-state index contributed by atoms with van der Waals surface area (Å²) in [6.07, 6.45) is 3.39. The van der Waals surface area contributed by atoms with Crippen molar-refractivity contribution in [2.24, 2.45) is 11.8 Å². The number of esters is 1. The molecular weight excluding hydrogens is 334 g/mol. The van der Waals surface area contributed by atoms with Crippen LogP contribution in [0.5, 0.6) is 5.75 Å². The van der Waals surface area contributed by atoms with E-state index in [0.717, 1.165) is 36.1 Å². The van der Waals surface area contributed by atoms with Crippen molar-refractivity contribution in [3.63, 3.8) is 0 Å². The first kappa shape index (κ1) is 18.4.